The van der Waals surface area contributed by atoms with Crippen molar-refractivity contribution in [3.05, 3.63) is 64.8 Å². The molecule has 4 N–H and O–H groups in total. The van der Waals surface area contributed by atoms with E-state index in [-0.39, 0.29) is 52.3 Å². The summed E-state index contributed by atoms with van der Waals surface area (Å²) in [5.41, 5.74) is 0.311. The van der Waals surface area contributed by atoms with Crippen molar-refractivity contribution >= 4 is 31.7 Å². The van der Waals surface area contributed by atoms with E-state index in [1.54, 1.807) is 43.3 Å². The zero-order chi connectivity index (χ0) is 24.3. The summed E-state index contributed by atoms with van der Waals surface area (Å²) < 4.78 is 5.81. The monoisotopic (exact) mass is 471 g/mol. The van der Waals surface area contributed by atoms with Gasteiger partial charge in [-0.25, -0.2) is 0 Å². The number of phenolic OH excluding ortho intramolecular Hbond substituents is 1. The molecular weight excluding hydrogens is 445 g/mol. The van der Waals surface area contributed by atoms with Crippen LogP contribution in [0.2, 0.25) is 0 Å². The number of ketones is 2. The van der Waals surface area contributed by atoms with Crippen LogP contribution in [0.1, 0.15) is 45.2 Å². The van der Waals surface area contributed by atoms with Gasteiger partial charge in [-0.15, -0.1) is 9.24 Å². The summed E-state index contributed by atoms with van der Waals surface area (Å²) in [6.07, 6.45) is 0.140. The van der Waals surface area contributed by atoms with Crippen molar-refractivity contribution in [1.82, 2.24) is 4.98 Å². The summed E-state index contributed by atoms with van der Waals surface area (Å²) in [5, 5.41) is 38.1. The lowest BCUT2D eigenvalue weighted by Gasteiger charge is -2.24. The number of carbonyl (C=O) groups excluding carboxylic acids is 2. The maximum atomic E-state index is 13.2. The van der Waals surface area contributed by atoms with Gasteiger partial charge in [0.2, 0.25) is 0 Å². The van der Waals surface area contributed by atoms with Crippen LogP contribution in [0.5, 0.6) is 11.5 Å². The lowest BCUT2D eigenvalue weighted by Crippen LogP contribution is -2.29. The molecule has 1 aromatic heterocycles. The third-order valence-corrected chi connectivity index (χ3v) is 6.00. The molecule has 0 fully saturated rings. The molecule has 0 saturated heterocycles. The number of rotatable bonds is 6. The van der Waals surface area contributed by atoms with Gasteiger partial charge in [0, 0.05) is 41.0 Å². The average molecular weight is 471 g/mol. The van der Waals surface area contributed by atoms with Gasteiger partial charge < -0.3 is 25.2 Å². The van der Waals surface area contributed by atoms with Gasteiger partial charge in [-0.3, -0.25) is 14.6 Å². The Morgan fingerprint density at radius 3 is 2.21 bits per heavy atom. The van der Waals surface area contributed by atoms with Crippen molar-refractivity contribution in [1.29, 1.82) is 0 Å². The molecule has 0 amide bonds. The van der Waals surface area contributed by atoms with Gasteiger partial charge in [-0.2, -0.15) is 0 Å². The molecule has 4 unspecified atom stereocenters. The highest BCUT2D eigenvalue weighted by molar-refractivity contribution is 7.17. The topological polar surface area (TPSA) is 137 Å². The van der Waals surface area contributed by atoms with Crippen LogP contribution >= 0.6 is 9.24 Å². The fourth-order valence-corrected chi connectivity index (χ4v) is 4.08. The molecule has 4 atom stereocenters. The van der Waals surface area contributed by atoms with Gasteiger partial charge in [0.25, 0.3) is 0 Å². The number of aliphatic hydroxyl groups is 3. The van der Waals surface area contributed by atoms with E-state index < -0.39 is 29.4 Å². The van der Waals surface area contributed by atoms with Crippen molar-refractivity contribution in [2.75, 3.05) is 13.7 Å². The number of pyridine rings is 1. The van der Waals surface area contributed by atoms with Gasteiger partial charge in [-0.05, 0) is 19.4 Å². The molecular formula is C24H26NO7P. The normalized spacial score (nSPS) is 15.1. The van der Waals surface area contributed by atoms with Crippen molar-refractivity contribution in [2.45, 2.75) is 31.2 Å². The molecule has 33 heavy (non-hydrogen) atoms. The first-order valence-electron chi connectivity index (χ1n) is 10.3. The first-order valence-corrected chi connectivity index (χ1v) is 11.0. The molecule has 9 heteroatoms. The van der Waals surface area contributed by atoms with Gasteiger partial charge in [0.1, 0.15) is 5.52 Å². The third kappa shape index (κ3) is 4.61. The molecule has 0 saturated carbocycles. The number of hydrogen-bond acceptors (Lipinski definition) is 8. The van der Waals surface area contributed by atoms with E-state index >= 15 is 0 Å². The number of aromatic hydroxyl groups is 1. The molecule has 0 radical (unpaired) electrons. The fraction of sp³-hybridized carbons (Fsp3) is 0.292. The molecule has 8 nitrogen and oxygen atoms in total. The van der Waals surface area contributed by atoms with Gasteiger partial charge in [0.05, 0.1) is 24.4 Å². The number of benzene rings is 2. The highest BCUT2D eigenvalue weighted by atomic mass is 31.0. The van der Waals surface area contributed by atoms with Gasteiger partial charge in [0.15, 0.2) is 23.1 Å². The lowest BCUT2D eigenvalue weighted by molar-refractivity contribution is 0.0788. The summed E-state index contributed by atoms with van der Waals surface area (Å²) in [6.45, 7) is 1.56. The number of nitrogens with zero attached hydrogens (tertiary/aromatic N) is 1. The minimum absolute atomic E-state index is 0.0186. The second-order valence-corrected chi connectivity index (χ2v) is 8.51. The Hall–Kier alpha value is -2.90. The number of hydrogen-bond donors (Lipinski definition) is 4. The SMILES string of the molecule is CC(O)CC(O)C(P)COc1c(O)c2c(c3cccnc13)C(=O)c1ccccc1C2=O.CO. The number of phenols is 1. The van der Waals surface area contributed by atoms with Crippen LogP contribution in [-0.2, 0) is 0 Å². The molecule has 1 heterocycles. The Kier molecular flexibility index (Phi) is 7.76. The summed E-state index contributed by atoms with van der Waals surface area (Å²) in [6, 6.07) is 9.79. The van der Waals surface area contributed by atoms with E-state index in [2.05, 4.69) is 14.2 Å². The van der Waals surface area contributed by atoms with Crippen molar-refractivity contribution in [3.8, 4) is 11.5 Å². The summed E-state index contributed by atoms with van der Waals surface area (Å²) in [5.74, 6) is -1.29. The average Bonchev–Trinajstić information content (AvgIpc) is 2.82. The second kappa shape index (κ2) is 10.4. The summed E-state index contributed by atoms with van der Waals surface area (Å²) in [7, 11) is 3.45. The molecule has 0 bridgehead atoms. The molecule has 0 aliphatic heterocycles. The van der Waals surface area contributed by atoms with E-state index in [1.807, 2.05) is 0 Å². The predicted octanol–water partition coefficient (Wildman–Crippen LogP) is 2.08. The first-order chi connectivity index (χ1) is 15.8. The highest BCUT2D eigenvalue weighted by Crippen LogP contribution is 2.44. The van der Waals surface area contributed by atoms with Gasteiger partial charge in [-0.1, -0.05) is 30.3 Å². The molecule has 174 valence electrons. The fourth-order valence-electron chi connectivity index (χ4n) is 3.82. The molecule has 4 rings (SSSR count). The number of aromatic nitrogens is 1. The molecule has 1 aliphatic rings. The highest BCUT2D eigenvalue weighted by Gasteiger charge is 2.36. The standard InChI is InChI=1S/C23H22NO6P.CH4O/c1-11(25)9-15(26)16(31)10-30-23-19-14(7-4-8-24-19)17-18(22(23)29)21(28)13-6-3-2-5-12(13)20(17)27;1-2/h2-8,11,15-16,25-26,29H,9-10,31H2,1H3;2H,1H3. The first kappa shape index (κ1) is 24.7. The van der Waals surface area contributed by atoms with E-state index in [4.69, 9.17) is 9.84 Å². The largest absolute Gasteiger partial charge is 0.504 e. The van der Waals surface area contributed by atoms with Crippen LogP contribution in [0.25, 0.3) is 10.9 Å². The Bertz CT molecular complexity index is 1190. The van der Waals surface area contributed by atoms with Crippen LogP contribution in [0.4, 0.5) is 0 Å². The van der Waals surface area contributed by atoms with E-state index in [0.717, 1.165) is 7.11 Å². The summed E-state index contributed by atoms with van der Waals surface area (Å²) in [4.78, 5) is 30.7. The number of fused-ring (bicyclic) bond motifs is 4. The van der Waals surface area contributed by atoms with Crippen LogP contribution < -0.4 is 4.74 Å². The number of ether oxygens (including phenoxy) is 1. The Morgan fingerprint density at radius 2 is 1.61 bits per heavy atom. The van der Waals surface area contributed by atoms with Crippen molar-refractivity contribution < 1.29 is 34.8 Å². The molecule has 3 aromatic rings. The van der Waals surface area contributed by atoms with Gasteiger partial charge >= 0.3 is 0 Å². The van der Waals surface area contributed by atoms with Crippen LogP contribution in [0.15, 0.2) is 42.6 Å². The van der Waals surface area contributed by atoms with Crippen LogP contribution in [0, 0.1) is 0 Å². The van der Waals surface area contributed by atoms with E-state index in [1.165, 1.54) is 6.20 Å². The number of carbonyl (C=O) groups is 2. The van der Waals surface area contributed by atoms with E-state index in [0.29, 0.717) is 5.39 Å². The third-order valence-electron chi connectivity index (χ3n) is 5.36. The van der Waals surface area contributed by atoms with Crippen LogP contribution in [0.3, 0.4) is 0 Å². The molecule has 1 aliphatic carbocycles. The Morgan fingerprint density at radius 1 is 1.00 bits per heavy atom. The Labute approximate surface area is 193 Å². The Balaban J connectivity index is 0.00000149. The zero-order valence-corrected chi connectivity index (χ0v) is 19.4. The minimum atomic E-state index is -0.848. The van der Waals surface area contributed by atoms with Crippen molar-refractivity contribution in [3.63, 3.8) is 0 Å². The summed E-state index contributed by atoms with van der Waals surface area (Å²) >= 11 is 0. The van der Waals surface area contributed by atoms with Crippen molar-refractivity contribution in [2.24, 2.45) is 0 Å². The minimum Gasteiger partial charge on any atom is -0.504 e. The predicted molar refractivity (Wildman–Crippen MR) is 126 cm³/mol. The smallest absolute Gasteiger partial charge is 0.198 e. The van der Waals surface area contributed by atoms with Crippen LogP contribution in [-0.4, -0.2) is 68.6 Å². The lowest BCUT2D eigenvalue weighted by atomic mass is 9.81. The molecule has 2 aromatic carbocycles. The quantitative estimate of drug-likeness (QED) is 0.314. The maximum Gasteiger partial charge on any atom is 0.198 e. The second-order valence-electron chi connectivity index (χ2n) is 7.66. The molecule has 0 spiro atoms. The van der Waals surface area contributed by atoms with E-state index in [9.17, 15) is 24.9 Å². The number of aliphatic hydroxyl groups excluding tert-OH is 3. The maximum absolute atomic E-state index is 13.2. The zero-order valence-electron chi connectivity index (χ0n) is 18.2.